The first kappa shape index (κ1) is 14.2. The zero-order valence-electron chi connectivity index (χ0n) is 10.8. The second kappa shape index (κ2) is 5.82. The molecule has 100 valence electrons. The smallest absolute Gasteiger partial charge is 0.160 e. The summed E-state index contributed by atoms with van der Waals surface area (Å²) in [6.07, 6.45) is -0.0922. The number of aryl methyl sites for hydroxylation is 1. The first-order chi connectivity index (χ1) is 8.49. The fourth-order valence-electron chi connectivity index (χ4n) is 1.98. The molecular formula is C12H17BrClN3O. The molecule has 0 saturated carbocycles. The Labute approximate surface area is 121 Å². The number of halogens is 2. The van der Waals surface area contributed by atoms with Crippen molar-refractivity contribution in [2.75, 3.05) is 19.7 Å². The van der Waals surface area contributed by atoms with Crippen LogP contribution >= 0.6 is 27.5 Å². The lowest BCUT2D eigenvalue weighted by atomic mass is 10.2. The van der Waals surface area contributed by atoms with Gasteiger partial charge < -0.3 is 4.74 Å². The van der Waals surface area contributed by atoms with Crippen LogP contribution in [0.25, 0.3) is 0 Å². The first-order valence-electron chi connectivity index (χ1n) is 6.04. The van der Waals surface area contributed by atoms with Crippen molar-refractivity contribution in [1.29, 1.82) is 0 Å². The Kier molecular flexibility index (Phi) is 4.59. The van der Waals surface area contributed by atoms with Gasteiger partial charge in [-0.2, -0.15) is 0 Å². The van der Waals surface area contributed by atoms with Crippen molar-refractivity contribution in [2.24, 2.45) is 0 Å². The minimum absolute atomic E-state index is 0.0922. The standard InChI is InChI=1S/C12H17BrClN3O/c1-7(2)17-4-5-18-9(6-17)12-15-8(3)10(13)11(14)16-12/h7,9H,4-6H2,1-3H3. The van der Waals surface area contributed by atoms with Gasteiger partial charge in [0.05, 0.1) is 16.8 Å². The van der Waals surface area contributed by atoms with Crippen LogP contribution in [0.3, 0.4) is 0 Å². The second-order valence-electron chi connectivity index (χ2n) is 4.72. The van der Waals surface area contributed by atoms with Gasteiger partial charge in [0.25, 0.3) is 0 Å². The van der Waals surface area contributed by atoms with Crippen LogP contribution in [-0.4, -0.2) is 40.6 Å². The fourth-order valence-corrected chi connectivity index (χ4v) is 2.38. The molecule has 1 unspecified atom stereocenters. The largest absolute Gasteiger partial charge is 0.368 e. The van der Waals surface area contributed by atoms with Crippen molar-refractivity contribution >= 4 is 27.5 Å². The fraction of sp³-hybridized carbons (Fsp3) is 0.667. The summed E-state index contributed by atoms with van der Waals surface area (Å²) in [6, 6.07) is 0.503. The highest BCUT2D eigenvalue weighted by atomic mass is 79.9. The third-order valence-electron chi connectivity index (χ3n) is 3.11. The van der Waals surface area contributed by atoms with Crippen molar-refractivity contribution in [1.82, 2.24) is 14.9 Å². The van der Waals surface area contributed by atoms with Gasteiger partial charge in [0.2, 0.25) is 0 Å². The van der Waals surface area contributed by atoms with Gasteiger partial charge in [-0.1, -0.05) is 11.6 Å². The molecule has 18 heavy (non-hydrogen) atoms. The topological polar surface area (TPSA) is 38.2 Å². The van der Waals surface area contributed by atoms with Crippen molar-refractivity contribution in [2.45, 2.75) is 32.9 Å². The monoisotopic (exact) mass is 333 g/mol. The SMILES string of the molecule is Cc1nc(C2CN(C(C)C)CCO2)nc(Cl)c1Br. The Hall–Kier alpha value is -0.230. The lowest BCUT2D eigenvalue weighted by molar-refractivity contribution is -0.0443. The third-order valence-corrected chi connectivity index (χ3v) is 4.56. The molecule has 0 spiro atoms. The van der Waals surface area contributed by atoms with Gasteiger partial charge in [0, 0.05) is 19.1 Å². The number of rotatable bonds is 2. The first-order valence-corrected chi connectivity index (χ1v) is 7.21. The van der Waals surface area contributed by atoms with E-state index in [1.807, 2.05) is 6.92 Å². The van der Waals surface area contributed by atoms with E-state index < -0.39 is 0 Å². The summed E-state index contributed by atoms with van der Waals surface area (Å²) in [5.74, 6) is 0.672. The number of hydrogen-bond donors (Lipinski definition) is 0. The molecule has 1 atom stereocenters. The maximum absolute atomic E-state index is 6.07. The molecule has 0 radical (unpaired) electrons. The van der Waals surface area contributed by atoms with Gasteiger partial charge in [-0.15, -0.1) is 0 Å². The second-order valence-corrected chi connectivity index (χ2v) is 5.87. The molecule has 1 aromatic heterocycles. The van der Waals surface area contributed by atoms with E-state index in [4.69, 9.17) is 16.3 Å². The lowest BCUT2D eigenvalue weighted by Gasteiger charge is -2.34. The predicted octanol–water partition coefficient (Wildman–Crippen LogP) is 2.98. The van der Waals surface area contributed by atoms with Crippen molar-refractivity contribution < 1.29 is 4.74 Å². The highest BCUT2D eigenvalue weighted by Gasteiger charge is 2.26. The van der Waals surface area contributed by atoms with Gasteiger partial charge in [-0.25, -0.2) is 9.97 Å². The van der Waals surface area contributed by atoms with Gasteiger partial charge in [0.1, 0.15) is 11.3 Å². The van der Waals surface area contributed by atoms with E-state index in [1.54, 1.807) is 0 Å². The zero-order valence-corrected chi connectivity index (χ0v) is 13.1. The van der Waals surface area contributed by atoms with Gasteiger partial charge in [-0.05, 0) is 36.7 Å². The molecule has 1 aliphatic heterocycles. The molecule has 1 aromatic rings. The number of morpholine rings is 1. The predicted molar refractivity (Wildman–Crippen MR) is 74.9 cm³/mol. The number of ether oxygens (including phenoxy) is 1. The van der Waals surface area contributed by atoms with Crippen LogP contribution in [0.1, 0.15) is 31.5 Å². The number of hydrogen-bond acceptors (Lipinski definition) is 4. The average Bonchev–Trinajstić information content (AvgIpc) is 2.35. The van der Waals surface area contributed by atoms with E-state index in [0.29, 0.717) is 23.6 Å². The Morgan fingerprint density at radius 1 is 1.44 bits per heavy atom. The molecule has 2 rings (SSSR count). The zero-order chi connectivity index (χ0) is 13.3. The number of nitrogens with zero attached hydrogens (tertiary/aromatic N) is 3. The molecule has 2 heterocycles. The molecule has 0 amide bonds. The Balaban J connectivity index is 2.21. The molecule has 0 aromatic carbocycles. The number of aromatic nitrogens is 2. The van der Waals surface area contributed by atoms with E-state index in [1.165, 1.54) is 0 Å². The van der Waals surface area contributed by atoms with Crippen LogP contribution in [-0.2, 0) is 4.74 Å². The summed E-state index contributed by atoms with van der Waals surface area (Å²) in [6.45, 7) is 8.75. The summed E-state index contributed by atoms with van der Waals surface area (Å²) in [5.41, 5.74) is 0.843. The van der Waals surface area contributed by atoms with Crippen LogP contribution in [0.4, 0.5) is 0 Å². The average molecular weight is 335 g/mol. The summed E-state index contributed by atoms with van der Waals surface area (Å²) in [5, 5.41) is 0.447. The molecule has 1 aliphatic rings. The van der Waals surface area contributed by atoms with E-state index in [9.17, 15) is 0 Å². The van der Waals surface area contributed by atoms with Gasteiger partial charge >= 0.3 is 0 Å². The van der Waals surface area contributed by atoms with Crippen LogP contribution in [0, 0.1) is 6.92 Å². The van der Waals surface area contributed by atoms with Crippen molar-refractivity contribution in [3.8, 4) is 0 Å². The molecule has 1 saturated heterocycles. The van der Waals surface area contributed by atoms with Crippen LogP contribution in [0.2, 0.25) is 5.15 Å². The van der Waals surface area contributed by atoms with E-state index in [2.05, 4.69) is 44.6 Å². The maximum atomic E-state index is 6.07. The summed E-state index contributed by atoms with van der Waals surface area (Å²) < 4.78 is 6.51. The van der Waals surface area contributed by atoms with Crippen LogP contribution in [0.15, 0.2) is 4.47 Å². The van der Waals surface area contributed by atoms with Crippen LogP contribution < -0.4 is 0 Å². The molecule has 0 aliphatic carbocycles. The minimum atomic E-state index is -0.0922. The lowest BCUT2D eigenvalue weighted by Crippen LogP contribution is -2.42. The highest BCUT2D eigenvalue weighted by molar-refractivity contribution is 9.10. The molecule has 1 fully saturated rings. The maximum Gasteiger partial charge on any atom is 0.160 e. The Morgan fingerprint density at radius 2 is 2.17 bits per heavy atom. The van der Waals surface area contributed by atoms with Crippen molar-refractivity contribution in [3.05, 3.63) is 21.1 Å². The van der Waals surface area contributed by atoms with Crippen LogP contribution in [0.5, 0.6) is 0 Å². The van der Waals surface area contributed by atoms with E-state index in [0.717, 1.165) is 23.3 Å². The highest BCUT2D eigenvalue weighted by Crippen LogP contribution is 2.27. The van der Waals surface area contributed by atoms with Crippen molar-refractivity contribution in [3.63, 3.8) is 0 Å². The van der Waals surface area contributed by atoms with E-state index in [-0.39, 0.29) is 6.10 Å². The Morgan fingerprint density at radius 3 is 2.78 bits per heavy atom. The molecule has 0 N–H and O–H groups in total. The molecule has 6 heteroatoms. The normalized spacial score (nSPS) is 21.6. The Bertz CT molecular complexity index is 418. The summed E-state index contributed by atoms with van der Waals surface area (Å²) in [4.78, 5) is 11.1. The quantitative estimate of drug-likeness (QED) is 0.779. The minimum Gasteiger partial charge on any atom is -0.368 e. The third kappa shape index (κ3) is 3.02. The van der Waals surface area contributed by atoms with E-state index >= 15 is 0 Å². The summed E-state index contributed by atoms with van der Waals surface area (Å²) >= 11 is 9.43. The van der Waals surface area contributed by atoms with Gasteiger partial charge in [0.15, 0.2) is 5.82 Å². The molecular weight excluding hydrogens is 318 g/mol. The molecule has 4 nitrogen and oxygen atoms in total. The van der Waals surface area contributed by atoms with Gasteiger partial charge in [-0.3, -0.25) is 4.90 Å². The summed E-state index contributed by atoms with van der Waals surface area (Å²) in [7, 11) is 0. The molecule has 0 bridgehead atoms.